The Morgan fingerprint density at radius 3 is 2.45 bits per heavy atom. The molecule has 0 bridgehead atoms. The summed E-state index contributed by atoms with van der Waals surface area (Å²) < 4.78 is 39.1. The molecular formula is C6H10F3NO. The summed E-state index contributed by atoms with van der Waals surface area (Å²) in [7, 11) is 0. The molecule has 0 aliphatic rings. The topological polar surface area (TPSA) is 35.2 Å². The highest BCUT2D eigenvalue weighted by atomic mass is 19.4. The van der Waals surface area contributed by atoms with Crippen LogP contribution in [-0.4, -0.2) is 12.8 Å². The first-order valence-corrected chi connectivity index (χ1v) is 3.11. The van der Waals surface area contributed by atoms with Crippen LogP contribution in [0.5, 0.6) is 0 Å². The summed E-state index contributed by atoms with van der Waals surface area (Å²) in [5.74, 6) is -0.176. The fourth-order valence-corrected chi connectivity index (χ4v) is 0.442. The van der Waals surface area contributed by atoms with Crippen molar-refractivity contribution in [1.82, 2.24) is 0 Å². The van der Waals surface area contributed by atoms with E-state index in [2.05, 4.69) is 4.74 Å². The van der Waals surface area contributed by atoms with Gasteiger partial charge in [0.1, 0.15) is 0 Å². The zero-order chi connectivity index (χ0) is 8.91. The molecule has 0 atom stereocenters. The maximum Gasteiger partial charge on any atom is 0.392 e. The minimum Gasteiger partial charge on any atom is -0.480 e. The second-order valence-corrected chi connectivity index (χ2v) is 1.86. The van der Waals surface area contributed by atoms with Crippen molar-refractivity contribution in [3.05, 3.63) is 12.0 Å². The van der Waals surface area contributed by atoms with Crippen LogP contribution in [0.4, 0.5) is 13.2 Å². The molecule has 11 heavy (non-hydrogen) atoms. The van der Waals surface area contributed by atoms with Crippen molar-refractivity contribution in [2.75, 3.05) is 6.61 Å². The fraction of sp³-hybridized carbons (Fsp3) is 0.667. The number of halogens is 3. The van der Waals surface area contributed by atoms with Crippen molar-refractivity contribution < 1.29 is 17.9 Å². The lowest BCUT2D eigenvalue weighted by molar-refractivity contribution is -0.125. The molecule has 0 saturated carbocycles. The molecule has 0 aromatic rings. The lowest BCUT2D eigenvalue weighted by atomic mass is 10.4. The van der Waals surface area contributed by atoms with Gasteiger partial charge in [0, 0.05) is 0 Å². The molecule has 5 heteroatoms. The molecule has 0 heterocycles. The second kappa shape index (κ2) is 4.10. The van der Waals surface area contributed by atoms with Crippen LogP contribution in [-0.2, 0) is 4.74 Å². The largest absolute Gasteiger partial charge is 0.480 e. The van der Waals surface area contributed by atoms with Gasteiger partial charge in [0.15, 0.2) is 5.88 Å². The SMILES string of the molecule is CCO/C(N)=C/CC(F)(F)F. The van der Waals surface area contributed by atoms with Gasteiger partial charge in [-0.05, 0) is 13.0 Å². The average Bonchev–Trinajstić information content (AvgIpc) is 1.83. The van der Waals surface area contributed by atoms with Crippen LogP contribution >= 0.6 is 0 Å². The van der Waals surface area contributed by atoms with Gasteiger partial charge in [-0.15, -0.1) is 0 Å². The van der Waals surface area contributed by atoms with E-state index in [0.29, 0.717) is 0 Å². The van der Waals surface area contributed by atoms with Crippen LogP contribution in [0.25, 0.3) is 0 Å². The highest BCUT2D eigenvalue weighted by molar-refractivity contribution is 4.88. The summed E-state index contributed by atoms with van der Waals surface area (Å²) in [6.45, 7) is 1.93. The molecule has 0 fully saturated rings. The normalized spacial score (nSPS) is 13.3. The summed E-state index contributed by atoms with van der Waals surface area (Å²) in [4.78, 5) is 0. The predicted octanol–water partition coefficient (Wildman–Crippen LogP) is 1.78. The number of hydrogen-bond acceptors (Lipinski definition) is 2. The van der Waals surface area contributed by atoms with Gasteiger partial charge < -0.3 is 10.5 Å². The first-order chi connectivity index (χ1) is 4.95. The number of nitrogens with two attached hydrogens (primary N) is 1. The van der Waals surface area contributed by atoms with Gasteiger partial charge in [-0.3, -0.25) is 0 Å². The minimum atomic E-state index is -4.21. The zero-order valence-electron chi connectivity index (χ0n) is 6.11. The van der Waals surface area contributed by atoms with Crippen LogP contribution < -0.4 is 5.73 Å². The number of allylic oxidation sites excluding steroid dienone is 1. The van der Waals surface area contributed by atoms with Crippen molar-refractivity contribution in [2.45, 2.75) is 19.5 Å². The Morgan fingerprint density at radius 2 is 2.09 bits per heavy atom. The number of rotatable bonds is 3. The lowest BCUT2D eigenvalue weighted by Gasteiger charge is -2.04. The van der Waals surface area contributed by atoms with Crippen LogP contribution in [0.2, 0.25) is 0 Å². The van der Waals surface area contributed by atoms with E-state index in [1.54, 1.807) is 6.92 Å². The van der Waals surface area contributed by atoms with E-state index >= 15 is 0 Å². The van der Waals surface area contributed by atoms with Crippen molar-refractivity contribution in [1.29, 1.82) is 0 Å². The Bertz CT molecular complexity index is 141. The highest BCUT2D eigenvalue weighted by Gasteiger charge is 2.25. The smallest absolute Gasteiger partial charge is 0.392 e. The molecule has 2 nitrogen and oxygen atoms in total. The lowest BCUT2D eigenvalue weighted by Crippen LogP contribution is -2.08. The zero-order valence-corrected chi connectivity index (χ0v) is 6.11. The second-order valence-electron chi connectivity index (χ2n) is 1.86. The number of ether oxygens (including phenoxy) is 1. The summed E-state index contributed by atoms with van der Waals surface area (Å²) in [5, 5.41) is 0. The molecule has 0 saturated heterocycles. The van der Waals surface area contributed by atoms with Gasteiger partial charge in [-0.2, -0.15) is 13.2 Å². The monoisotopic (exact) mass is 169 g/mol. The highest BCUT2D eigenvalue weighted by Crippen LogP contribution is 2.20. The Kier molecular flexibility index (Phi) is 3.78. The molecule has 0 aliphatic carbocycles. The fourth-order valence-electron chi connectivity index (χ4n) is 0.442. The molecule has 0 radical (unpaired) electrons. The summed E-state index contributed by atoms with van der Waals surface area (Å²) in [6, 6.07) is 0. The van der Waals surface area contributed by atoms with Gasteiger partial charge in [-0.1, -0.05) is 0 Å². The predicted molar refractivity (Wildman–Crippen MR) is 34.6 cm³/mol. The summed E-state index contributed by atoms with van der Waals surface area (Å²) >= 11 is 0. The maximum atomic E-state index is 11.5. The van der Waals surface area contributed by atoms with Gasteiger partial charge in [0.2, 0.25) is 0 Å². The number of hydrogen-bond donors (Lipinski definition) is 1. The van der Waals surface area contributed by atoms with Crippen molar-refractivity contribution >= 4 is 0 Å². The van der Waals surface area contributed by atoms with Gasteiger partial charge >= 0.3 is 6.18 Å². The van der Waals surface area contributed by atoms with Crippen molar-refractivity contribution in [2.24, 2.45) is 5.73 Å². The Hall–Kier alpha value is -0.870. The standard InChI is InChI=1S/C6H10F3NO/c1-2-11-5(10)3-4-6(7,8)9/h3H,2,4,10H2,1H3/b5-3+. The Morgan fingerprint density at radius 1 is 1.55 bits per heavy atom. The van der Waals surface area contributed by atoms with Gasteiger partial charge in [-0.25, -0.2) is 0 Å². The molecule has 0 aromatic heterocycles. The van der Waals surface area contributed by atoms with Crippen LogP contribution in [0, 0.1) is 0 Å². The first-order valence-electron chi connectivity index (χ1n) is 3.11. The van der Waals surface area contributed by atoms with E-state index in [1.165, 1.54) is 0 Å². The van der Waals surface area contributed by atoms with Crippen LogP contribution in [0.1, 0.15) is 13.3 Å². The maximum absolute atomic E-state index is 11.5. The van der Waals surface area contributed by atoms with E-state index in [9.17, 15) is 13.2 Å². The van der Waals surface area contributed by atoms with Crippen LogP contribution in [0.3, 0.4) is 0 Å². The molecule has 0 amide bonds. The van der Waals surface area contributed by atoms with E-state index in [1.807, 2.05) is 0 Å². The van der Waals surface area contributed by atoms with Crippen LogP contribution in [0.15, 0.2) is 12.0 Å². The quantitative estimate of drug-likeness (QED) is 0.653. The van der Waals surface area contributed by atoms with Gasteiger partial charge in [0.25, 0.3) is 0 Å². The molecule has 2 N–H and O–H groups in total. The van der Waals surface area contributed by atoms with Gasteiger partial charge in [0.05, 0.1) is 13.0 Å². The van der Waals surface area contributed by atoms with E-state index < -0.39 is 12.6 Å². The minimum absolute atomic E-state index is 0.176. The van der Waals surface area contributed by atoms with E-state index in [-0.39, 0.29) is 12.5 Å². The van der Waals surface area contributed by atoms with Crippen molar-refractivity contribution in [3.8, 4) is 0 Å². The third-order valence-corrected chi connectivity index (χ3v) is 0.846. The molecule has 0 aliphatic heterocycles. The third kappa shape index (κ3) is 7.02. The third-order valence-electron chi connectivity index (χ3n) is 0.846. The summed E-state index contributed by atoms with van der Waals surface area (Å²) in [6.07, 6.45) is -4.44. The molecule has 0 spiro atoms. The van der Waals surface area contributed by atoms with E-state index in [4.69, 9.17) is 5.73 Å². The van der Waals surface area contributed by atoms with E-state index in [0.717, 1.165) is 6.08 Å². The van der Waals surface area contributed by atoms with Crippen molar-refractivity contribution in [3.63, 3.8) is 0 Å². The Labute approximate surface area is 62.8 Å². The Balaban J connectivity index is 3.73. The summed E-state index contributed by atoms with van der Waals surface area (Å²) in [5.41, 5.74) is 5.03. The molecular weight excluding hydrogens is 159 g/mol. The molecule has 0 unspecified atom stereocenters. The average molecular weight is 169 g/mol. The molecule has 0 aromatic carbocycles. The first kappa shape index (κ1) is 10.1. The molecule has 66 valence electrons. The molecule has 0 rings (SSSR count). The number of alkyl halides is 3.